The maximum absolute atomic E-state index is 11.4. The van der Waals surface area contributed by atoms with E-state index in [2.05, 4.69) is 9.44 Å². The summed E-state index contributed by atoms with van der Waals surface area (Å²) in [5, 5.41) is 8.35. The summed E-state index contributed by atoms with van der Waals surface area (Å²) in [6.07, 6.45) is 0.0697. The highest BCUT2D eigenvalue weighted by Crippen LogP contribution is 1.90. The van der Waals surface area contributed by atoms with Gasteiger partial charge in [0.2, 0.25) is 20.0 Å². The first kappa shape index (κ1) is 17.3. The third-order valence-corrected chi connectivity index (χ3v) is 4.75. The summed E-state index contributed by atoms with van der Waals surface area (Å²) in [6.45, 7) is 1.26. The number of nitrogens with one attached hydrogen (secondary N) is 2. The van der Waals surface area contributed by atoms with E-state index in [0.29, 0.717) is 0 Å². The number of hydrogen-bond acceptors (Lipinski definition) is 5. The van der Waals surface area contributed by atoms with Gasteiger partial charge >= 0.3 is 5.97 Å². The number of carbonyl (C=O) groups is 1. The maximum atomic E-state index is 11.4. The van der Waals surface area contributed by atoms with Crippen molar-refractivity contribution in [3.8, 4) is 0 Å². The van der Waals surface area contributed by atoms with Crippen LogP contribution in [0.5, 0.6) is 0 Å². The molecule has 0 rings (SSSR count). The fraction of sp³-hybridized carbons (Fsp3) is 0.875. The summed E-state index contributed by atoms with van der Waals surface area (Å²) in [5.74, 6) is -1.48. The molecule has 10 heteroatoms. The second kappa shape index (κ2) is 7.67. The van der Waals surface area contributed by atoms with Crippen molar-refractivity contribution < 1.29 is 26.7 Å². The minimum absolute atomic E-state index is 0.0230. The predicted octanol–water partition coefficient (Wildman–Crippen LogP) is -1.29. The molecule has 0 aromatic carbocycles. The molecule has 108 valence electrons. The van der Waals surface area contributed by atoms with Gasteiger partial charge in [-0.2, -0.15) is 0 Å². The number of rotatable bonds is 10. The standard InChI is InChI=1S/C8H18N2O6S2/c1-2-17(13,14)10-6-7-18(15,16)9-5-3-4-8(11)12/h9-10H,2-7H2,1H3,(H,11,12). The Kier molecular flexibility index (Phi) is 7.36. The third-order valence-electron chi connectivity index (χ3n) is 1.96. The predicted molar refractivity (Wildman–Crippen MR) is 66.1 cm³/mol. The average molecular weight is 302 g/mol. The fourth-order valence-corrected chi connectivity index (χ4v) is 2.69. The molecule has 3 N–H and O–H groups in total. The van der Waals surface area contributed by atoms with E-state index in [0.717, 1.165) is 0 Å². The molecular weight excluding hydrogens is 284 g/mol. The zero-order valence-electron chi connectivity index (χ0n) is 10.0. The Hall–Kier alpha value is -0.710. The van der Waals surface area contributed by atoms with Gasteiger partial charge in [0.05, 0.1) is 11.5 Å². The second-order valence-corrected chi connectivity index (χ2v) is 7.53. The minimum Gasteiger partial charge on any atom is -0.481 e. The summed E-state index contributed by atoms with van der Waals surface area (Å²) >= 11 is 0. The largest absolute Gasteiger partial charge is 0.481 e. The Balaban J connectivity index is 3.91. The number of carboxylic acid groups (broad SMARTS) is 1. The average Bonchev–Trinajstić information content (AvgIpc) is 2.24. The molecule has 8 nitrogen and oxygen atoms in total. The van der Waals surface area contributed by atoms with E-state index < -0.39 is 26.0 Å². The highest BCUT2D eigenvalue weighted by atomic mass is 32.2. The Morgan fingerprint density at radius 3 is 2.11 bits per heavy atom. The van der Waals surface area contributed by atoms with Gasteiger partial charge in [0.15, 0.2) is 0 Å². The van der Waals surface area contributed by atoms with Gasteiger partial charge in [0.25, 0.3) is 0 Å². The van der Waals surface area contributed by atoms with Crippen LogP contribution in [0.2, 0.25) is 0 Å². The van der Waals surface area contributed by atoms with Gasteiger partial charge in [-0.1, -0.05) is 0 Å². The summed E-state index contributed by atoms with van der Waals surface area (Å²) in [5.41, 5.74) is 0. The van der Waals surface area contributed by atoms with Crippen LogP contribution in [-0.4, -0.2) is 52.5 Å². The zero-order valence-corrected chi connectivity index (χ0v) is 11.7. The number of carboxylic acids is 1. The van der Waals surface area contributed by atoms with Crippen LogP contribution in [0, 0.1) is 0 Å². The van der Waals surface area contributed by atoms with E-state index in [1.807, 2.05) is 0 Å². The third kappa shape index (κ3) is 9.33. The van der Waals surface area contributed by atoms with Gasteiger partial charge in [-0.25, -0.2) is 26.3 Å². The first-order chi connectivity index (χ1) is 8.18. The summed E-state index contributed by atoms with van der Waals surface area (Å²) < 4.78 is 49.1. The van der Waals surface area contributed by atoms with E-state index >= 15 is 0 Å². The van der Waals surface area contributed by atoms with Gasteiger partial charge in [-0.15, -0.1) is 0 Å². The smallest absolute Gasteiger partial charge is 0.303 e. The second-order valence-electron chi connectivity index (χ2n) is 3.51. The molecule has 0 saturated heterocycles. The fourth-order valence-electron chi connectivity index (χ4n) is 0.973. The lowest BCUT2D eigenvalue weighted by molar-refractivity contribution is -0.137. The van der Waals surface area contributed by atoms with Gasteiger partial charge in [0, 0.05) is 19.5 Å². The maximum Gasteiger partial charge on any atom is 0.303 e. The SMILES string of the molecule is CCS(=O)(=O)NCCS(=O)(=O)NCCCC(=O)O. The van der Waals surface area contributed by atoms with Crippen molar-refractivity contribution in [3.05, 3.63) is 0 Å². The Morgan fingerprint density at radius 2 is 1.61 bits per heavy atom. The van der Waals surface area contributed by atoms with E-state index in [-0.39, 0.29) is 37.4 Å². The molecule has 0 spiro atoms. The number of aliphatic carboxylic acids is 1. The van der Waals surface area contributed by atoms with E-state index in [4.69, 9.17) is 5.11 Å². The van der Waals surface area contributed by atoms with Crippen LogP contribution in [-0.2, 0) is 24.8 Å². The van der Waals surface area contributed by atoms with Crippen molar-refractivity contribution in [2.75, 3.05) is 24.6 Å². The highest BCUT2D eigenvalue weighted by molar-refractivity contribution is 7.90. The highest BCUT2D eigenvalue weighted by Gasteiger charge is 2.12. The van der Waals surface area contributed by atoms with Crippen LogP contribution in [0.1, 0.15) is 19.8 Å². The molecule has 0 fully saturated rings. The van der Waals surface area contributed by atoms with Crippen LogP contribution >= 0.6 is 0 Å². The molecule has 0 heterocycles. The molecular formula is C8H18N2O6S2. The van der Waals surface area contributed by atoms with E-state index in [1.165, 1.54) is 6.92 Å². The molecule has 0 aromatic heterocycles. The summed E-state index contributed by atoms with van der Waals surface area (Å²) in [6, 6.07) is 0. The molecule has 0 saturated carbocycles. The van der Waals surface area contributed by atoms with Gasteiger partial charge < -0.3 is 5.11 Å². The molecule has 0 aromatic rings. The van der Waals surface area contributed by atoms with Gasteiger partial charge in [-0.3, -0.25) is 4.79 Å². The van der Waals surface area contributed by atoms with Crippen LogP contribution in [0.3, 0.4) is 0 Å². The van der Waals surface area contributed by atoms with Crippen molar-refractivity contribution in [2.24, 2.45) is 0 Å². The lowest BCUT2D eigenvalue weighted by atomic mass is 10.3. The van der Waals surface area contributed by atoms with Crippen LogP contribution in [0.4, 0.5) is 0 Å². The Morgan fingerprint density at radius 1 is 1.06 bits per heavy atom. The van der Waals surface area contributed by atoms with Crippen LogP contribution in [0.15, 0.2) is 0 Å². The summed E-state index contributed by atoms with van der Waals surface area (Å²) in [7, 11) is -6.98. The lowest BCUT2D eigenvalue weighted by Gasteiger charge is -2.07. The molecule has 0 aliphatic heterocycles. The lowest BCUT2D eigenvalue weighted by Crippen LogP contribution is -2.35. The molecule has 18 heavy (non-hydrogen) atoms. The first-order valence-corrected chi connectivity index (χ1v) is 8.65. The van der Waals surface area contributed by atoms with Crippen molar-refractivity contribution in [2.45, 2.75) is 19.8 Å². The topological polar surface area (TPSA) is 130 Å². The normalized spacial score (nSPS) is 12.5. The molecule has 0 unspecified atom stereocenters. The van der Waals surface area contributed by atoms with E-state index in [9.17, 15) is 21.6 Å². The Labute approximate surface area is 107 Å². The van der Waals surface area contributed by atoms with Crippen molar-refractivity contribution in [3.63, 3.8) is 0 Å². The molecule has 0 bridgehead atoms. The van der Waals surface area contributed by atoms with Crippen LogP contribution in [0.25, 0.3) is 0 Å². The Bertz CT molecular complexity index is 456. The molecule has 0 atom stereocenters. The zero-order chi connectivity index (χ0) is 14.2. The van der Waals surface area contributed by atoms with Crippen molar-refractivity contribution in [1.29, 1.82) is 0 Å². The minimum atomic E-state index is -3.58. The van der Waals surface area contributed by atoms with Crippen LogP contribution < -0.4 is 9.44 Å². The van der Waals surface area contributed by atoms with Gasteiger partial charge in [-0.05, 0) is 13.3 Å². The van der Waals surface area contributed by atoms with Crippen molar-refractivity contribution >= 4 is 26.0 Å². The molecule has 0 radical (unpaired) electrons. The first-order valence-electron chi connectivity index (χ1n) is 5.35. The monoisotopic (exact) mass is 302 g/mol. The van der Waals surface area contributed by atoms with E-state index in [1.54, 1.807) is 0 Å². The van der Waals surface area contributed by atoms with Gasteiger partial charge in [0.1, 0.15) is 0 Å². The quantitative estimate of drug-likeness (QED) is 0.430. The molecule has 0 aliphatic carbocycles. The number of sulfonamides is 2. The molecule has 0 amide bonds. The molecule has 0 aliphatic rings. The number of hydrogen-bond donors (Lipinski definition) is 3. The summed E-state index contributed by atoms with van der Waals surface area (Å²) in [4.78, 5) is 10.2. The van der Waals surface area contributed by atoms with Crippen molar-refractivity contribution in [1.82, 2.24) is 9.44 Å².